The molecule has 1 atom stereocenters. The quantitative estimate of drug-likeness (QED) is 0.861. The summed E-state index contributed by atoms with van der Waals surface area (Å²) in [6.45, 7) is 1.71. The van der Waals surface area contributed by atoms with E-state index in [1.54, 1.807) is 0 Å². The van der Waals surface area contributed by atoms with E-state index < -0.39 is 12.6 Å². The lowest BCUT2D eigenvalue weighted by atomic mass is 10.2. The highest BCUT2D eigenvalue weighted by atomic mass is 35.5. The minimum atomic E-state index is -4.33. The number of carbonyl (C=O) groups excluding carboxylic acids is 1. The van der Waals surface area contributed by atoms with Crippen LogP contribution in [0.4, 0.5) is 18.3 Å². The number of hydrogen-bond donors (Lipinski definition) is 2. The first kappa shape index (κ1) is 18.1. The molecule has 0 aromatic carbocycles. The van der Waals surface area contributed by atoms with Crippen LogP contribution in [0.3, 0.4) is 0 Å². The van der Waals surface area contributed by atoms with Crippen LogP contribution in [0.1, 0.15) is 11.4 Å². The molecule has 1 aromatic rings. The molecule has 0 aliphatic carbocycles. The summed E-state index contributed by atoms with van der Waals surface area (Å²) >= 11 is 0.724. The zero-order valence-corrected chi connectivity index (χ0v) is 12.4. The summed E-state index contributed by atoms with van der Waals surface area (Å²) in [6, 6.07) is -0.0914. The zero-order valence-electron chi connectivity index (χ0n) is 10.8. The monoisotopic (exact) mass is 346 g/mol. The Kier molecular flexibility index (Phi) is 6.78. The molecule has 2 heterocycles. The van der Waals surface area contributed by atoms with Gasteiger partial charge in [0.2, 0.25) is 11.0 Å². The van der Waals surface area contributed by atoms with Gasteiger partial charge in [-0.3, -0.25) is 4.79 Å². The van der Waals surface area contributed by atoms with Crippen LogP contribution < -0.4 is 10.6 Å². The number of ether oxygens (including phenoxy) is 1. The molecular weight excluding hydrogens is 333 g/mol. The molecule has 0 radical (unpaired) electrons. The van der Waals surface area contributed by atoms with Crippen LogP contribution in [-0.4, -0.2) is 48.1 Å². The Balaban J connectivity index is 0.00000220. The van der Waals surface area contributed by atoms with E-state index in [1.807, 2.05) is 0 Å². The molecule has 1 fully saturated rings. The van der Waals surface area contributed by atoms with E-state index >= 15 is 0 Å². The standard InChI is InChI=1S/C10H13F3N4O2S.ClH/c11-10(12,13)4-8-16-17-9(20-8)15-7(18)3-6-5-19-2-1-14-6;/h6,14H,1-5H2,(H,15,17,18);1H. The van der Waals surface area contributed by atoms with Gasteiger partial charge in [0.15, 0.2) is 0 Å². The number of rotatable bonds is 4. The first-order chi connectivity index (χ1) is 9.42. The van der Waals surface area contributed by atoms with Crippen molar-refractivity contribution in [3.8, 4) is 0 Å². The lowest BCUT2D eigenvalue weighted by Gasteiger charge is -2.22. The summed E-state index contributed by atoms with van der Waals surface area (Å²) in [5.74, 6) is -0.331. The smallest absolute Gasteiger partial charge is 0.378 e. The molecule has 0 spiro atoms. The van der Waals surface area contributed by atoms with Crippen molar-refractivity contribution in [2.75, 3.05) is 25.1 Å². The fourth-order valence-corrected chi connectivity index (χ4v) is 2.48. The van der Waals surface area contributed by atoms with E-state index in [0.717, 1.165) is 11.3 Å². The van der Waals surface area contributed by atoms with Crippen molar-refractivity contribution >= 4 is 34.8 Å². The minimum absolute atomic E-state index is 0. The highest BCUT2D eigenvalue weighted by Crippen LogP contribution is 2.25. The van der Waals surface area contributed by atoms with E-state index in [0.29, 0.717) is 19.8 Å². The van der Waals surface area contributed by atoms with Gasteiger partial charge in [-0.25, -0.2) is 0 Å². The number of anilines is 1. The molecule has 1 unspecified atom stereocenters. The van der Waals surface area contributed by atoms with Gasteiger partial charge in [0.05, 0.1) is 19.6 Å². The van der Waals surface area contributed by atoms with E-state index in [2.05, 4.69) is 20.8 Å². The van der Waals surface area contributed by atoms with Gasteiger partial charge in [0, 0.05) is 19.0 Å². The van der Waals surface area contributed by atoms with Crippen LogP contribution >= 0.6 is 23.7 Å². The Morgan fingerprint density at radius 3 is 2.86 bits per heavy atom. The Bertz CT molecular complexity index is 465. The number of alkyl halides is 3. The SMILES string of the molecule is Cl.O=C(CC1COCCN1)Nc1nnc(CC(F)(F)F)s1. The van der Waals surface area contributed by atoms with Crippen LogP contribution in [0.2, 0.25) is 0 Å². The molecule has 0 saturated carbocycles. The predicted octanol–water partition coefficient (Wildman–Crippen LogP) is 1.38. The first-order valence-corrected chi connectivity index (χ1v) is 6.74. The molecule has 1 aliphatic rings. The number of aromatic nitrogens is 2. The number of nitrogens with zero attached hydrogens (tertiary/aromatic N) is 2. The third-order valence-electron chi connectivity index (χ3n) is 2.50. The number of amides is 1. The molecule has 2 N–H and O–H groups in total. The lowest BCUT2D eigenvalue weighted by Crippen LogP contribution is -2.43. The van der Waals surface area contributed by atoms with Gasteiger partial charge < -0.3 is 15.4 Å². The molecule has 120 valence electrons. The summed E-state index contributed by atoms with van der Waals surface area (Å²) in [7, 11) is 0. The molecule has 21 heavy (non-hydrogen) atoms. The minimum Gasteiger partial charge on any atom is -0.378 e. The molecule has 1 saturated heterocycles. The van der Waals surface area contributed by atoms with Crippen molar-refractivity contribution in [2.45, 2.75) is 25.1 Å². The molecule has 2 rings (SSSR count). The normalized spacial score (nSPS) is 18.9. The van der Waals surface area contributed by atoms with Gasteiger partial charge >= 0.3 is 6.18 Å². The molecule has 6 nitrogen and oxygen atoms in total. The second-order valence-corrected chi connectivity index (χ2v) is 5.33. The highest BCUT2D eigenvalue weighted by Gasteiger charge is 2.30. The molecule has 1 aromatic heterocycles. The number of halogens is 4. The van der Waals surface area contributed by atoms with Gasteiger partial charge in [-0.05, 0) is 0 Å². The maximum absolute atomic E-state index is 12.2. The lowest BCUT2D eigenvalue weighted by molar-refractivity contribution is -0.127. The fourth-order valence-electron chi connectivity index (χ4n) is 1.69. The second kappa shape index (κ2) is 7.87. The average Bonchev–Trinajstić information content (AvgIpc) is 2.75. The maximum Gasteiger partial charge on any atom is 0.395 e. The van der Waals surface area contributed by atoms with Gasteiger partial charge in [-0.2, -0.15) is 13.2 Å². The van der Waals surface area contributed by atoms with Crippen LogP contribution in [0, 0.1) is 0 Å². The van der Waals surface area contributed by atoms with Crippen LogP contribution in [-0.2, 0) is 16.0 Å². The van der Waals surface area contributed by atoms with Gasteiger partial charge in [0.1, 0.15) is 5.01 Å². The van der Waals surface area contributed by atoms with Gasteiger partial charge in [0.25, 0.3) is 0 Å². The Morgan fingerprint density at radius 1 is 1.48 bits per heavy atom. The van der Waals surface area contributed by atoms with E-state index in [9.17, 15) is 18.0 Å². The number of morpholine rings is 1. The molecule has 11 heteroatoms. The Labute approximate surface area is 128 Å². The molecule has 1 aliphatic heterocycles. The van der Waals surface area contributed by atoms with Crippen molar-refractivity contribution in [3.63, 3.8) is 0 Å². The van der Waals surface area contributed by atoms with Crippen molar-refractivity contribution in [2.24, 2.45) is 0 Å². The average molecular weight is 347 g/mol. The summed E-state index contributed by atoms with van der Waals surface area (Å²) in [6.07, 6.45) is -5.29. The largest absolute Gasteiger partial charge is 0.395 e. The fraction of sp³-hybridized carbons (Fsp3) is 0.700. The number of hydrogen-bond acceptors (Lipinski definition) is 6. The summed E-state index contributed by atoms with van der Waals surface area (Å²) in [5.41, 5.74) is 0. The summed E-state index contributed by atoms with van der Waals surface area (Å²) in [4.78, 5) is 11.7. The number of carbonyl (C=O) groups is 1. The van der Waals surface area contributed by atoms with Gasteiger partial charge in [-0.1, -0.05) is 11.3 Å². The van der Waals surface area contributed by atoms with Crippen molar-refractivity contribution in [1.29, 1.82) is 0 Å². The first-order valence-electron chi connectivity index (χ1n) is 5.92. The van der Waals surface area contributed by atoms with Crippen molar-refractivity contribution < 1.29 is 22.7 Å². The number of nitrogens with one attached hydrogen (secondary N) is 2. The molecular formula is C10H14ClF3N4O2S. The Morgan fingerprint density at radius 2 is 2.24 bits per heavy atom. The maximum atomic E-state index is 12.2. The van der Waals surface area contributed by atoms with E-state index in [4.69, 9.17) is 4.74 Å². The van der Waals surface area contributed by atoms with E-state index in [-0.39, 0.29) is 40.9 Å². The zero-order chi connectivity index (χ0) is 14.6. The third kappa shape index (κ3) is 6.55. The third-order valence-corrected chi connectivity index (χ3v) is 3.33. The van der Waals surface area contributed by atoms with Gasteiger partial charge in [-0.15, -0.1) is 22.6 Å². The summed E-state index contributed by atoms with van der Waals surface area (Å²) in [5, 5.41) is 12.4. The highest BCUT2D eigenvalue weighted by molar-refractivity contribution is 7.15. The topological polar surface area (TPSA) is 76.1 Å². The van der Waals surface area contributed by atoms with Crippen molar-refractivity contribution in [3.05, 3.63) is 5.01 Å². The predicted molar refractivity (Wildman–Crippen MR) is 72.8 cm³/mol. The van der Waals surface area contributed by atoms with Crippen LogP contribution in [0.5, 0.6) is 0 Å². The van der Waals surface area contributed by atoms with E-state index in [1.165, 1.54) is 0 Å². The van der Waals surface area contributed by atoms with Crippen LogP contribution in [0.25, 0.3) is 0 Å². The van der Waals surface area contributed by atoms with Crippen LogP contribution in [0.15, 0.2) is 0 Å². The van der Waals surface area contributed by atoms with Crippen molar-refractivity contribution in [1.82, 2.24) is 15.5 Å². The molecule has 0 bridgehead atoms. The molecule has 1 amide bonds. The summed E-state index contributed by atoms with van der Waals surface area (Å²) < 4.78 is 41.7. The second-order valence-electron chi connectivity index (χ2n) is 4.27. The Hall–Kier alpha value is -0.970.